The lowest BCUT2D eigenvalue weighted by atomic mass is 10.2. The first-order chi connectivity index (χ1) is 10.1. The van der Waals surface area contributed by atoms with E-state index in [-0.39, 0.29) is 17.9 Å². The number of hydrogen-bond donors (Lipinski definition) is 2. The standard InChI is InChI=1S/C15H14ClFN2O2/c16-12-6-5-10(9-11(12)15(18)20)19-7-8-21-14-4-2-1-3-13(14)17/h1-6,9,19H,7-8H2,(H2,18,20). The van der Waals surface area contributed by atoms with Gasteiger partial charge in [0.1, 0.15) is 6.61 Å². The predicted molar refractivity (Wildman–Crippen MR) is 80.4 cm³/mol. The number of carbonyl (C=O) groups is 1. The minimum Gasteiger partial charge on any atom is -0.489 e. The molecular weight excluding hydrogens is 295 g/mol. The second kappa shape index (κ2) is 6.95. The van der Waals surface area contributed by atoms with Gasteiger partial charge in [-0.05, 0) is 30.3 Å². The highest BCUT2D eigenvalue weighted by Crippen LogP contribution is 2.20. The number of primary amides is 1. The molecule has 0 heterocycles. The van der Waals surface area contributed by atoms with Gasteiger partial charge in [0.05, 0.1) is 10.6 Å². The molecule has 0 aliphatic carbocycles. The van der Waals surface area contributed by atoms with Gasteiger partial charge in [0.15, 0.2) is 11.6 Å². The zero-order chi connectivity index (χ0) is 15.2. The largest absolute Gasteiger partial charge is 0.489 e. The fourth-order valence-electron chi connectivity index (χ4n) is 1.74. The average Bonchev–Trinajstić information content (AvgIpc) is 2.46. The van der Waals surface area contributed by atoms with Crippen molar-refractivity contribution in [3.63, 3.8) is 0 Å². The predicted octanol–water partition coefficient (Wildman–Crippen LogP) is 3.07. The van der Waals surface area contributed by atoms with Gasteiger partial charge >= 0.3 is 0 Å². The van der Waals surface area contributed by atoms with Gasteiger partial charge in [-0.15, -0.1) is 0 Å². The van der Waals surface area contributed by atoms with E-state index >= 15 is 0 Å². The van der Waals surface area contributed by atoms with Gasteiger partial charge in [-0.2, -0.15) is 0 Å². The summed E-state index contributed by atoms with van der Waals surface area (Å²) in [7, 11) is 0. The Hall–Kier alpha value is -2.27. The highest BCUT2D eigenvalue weighted by atomic mass is 35.5. The lowest BCUT2D eigenvalue weighted by Crippen LogP contribution is -2.14. The molecule has 0 aliphatic rings. The van der Waals surface area contributed by atoms with Gasteiger partial charge in [-0.25, -0.2) is 4.39 Å². The van der Waals surface area contributed by atoms with Crippen LogP contribution in [0.15, 0.2) is 42.5 Å². The number of carbonyl (C=O) groups excluding carboxylic acids is 1. The van der Waals surface area contributed by atoms with Crippen LogP contribution in [0.25, 0.3) is 0 Å². The number of nitrogens with two attached hydrogens (primary N) is 1. The van der Waals surface area contributed by atoms with E-state index in [2.05, 4.69) is 5.32 Å². The normalized spacial score (nSPS) is 10.2. The maximum absolute atomic E-state index is 13.3. The van der Waals surface area contributed by atoms with Gasteiger partial charge in [0, 0.05) is 12.2 Å². The van der Waals surface area contributed by atoms with E-state index in [0.717, 1.165) is 0 Å². The monoisotopic (exact) mass is 308 g/mol. The van der Waals surface area contributed by atoms with Gasteiger partial charge < -0.3 is 15.8 Å². The fraction of sp³-hybridized carbons (Fsp3) is 0.133. The van der Waals surface area contributed by atoms with Crippen LogP contribution in [-0.4, -0.2) is 19.1 Å². The van der Waals surface area contributed by atoms with E-state index in [0.29, 0.717) is 17.3 Å². The fourth-order valence-corrected chi connectivity index (χ4v) is 1.95. The number of anilines is 1. The first kappa shape index (κ1) is 15.1. The number of rotatable bonds is 6. The quantitative estimate of drug-likeness (QED) is 0.806. The van der Waals surface area contributed by atoms with Crippen molar-refractivity contribution in [3.05, 3.63) is 58.9 Å². The third-order valence-electron chi connectivity index (χ3n) is 2.76. The van der Waals surface area contributed by atoms with E-state index < -0.39 is 11.7 Å². The minimum absolute atomic E-state index is 0.202. The lowest BCUT2D eigenvalue weighted by molar-refractivity contribution is 0.100. The Labute approximate surface area is 126 Å². The van der Waals surface area contributed by atoms with Gasteiger partial charge in [-0.1, -0.05) is 23.7 Å². The summed E-state index contributed by atoms with van der Waals surface area (Å²) < 4.78 is 18.6. The molecule has 0 radical (unpaired) electrons. The van der Waals surface area contributed by atoms with E-state index in [1.54, 1.807) is 36.4 Å². The Morgan fingerprint density at radius 1 is 1.29 bits per heavy atom. The van der Waals surface area contributed by atoms with Crippen molar-refractivity contribution in [1.29, 1.82) is 0 Å². The molecule has 2 aromatic rings. The first-order valence-corrected chi connectivity index (χ1v) is 6.66. The van der Waals surface area contributed by atoms with Crippen molar-refractivity contribution in [2.75, 3.05) is 18.5 Å². The number of ether oxygens (including phenoxy) is 1. The zero-order valence-corrected chi connectivity index (χ0v) is 11.9. The summed E-state index contributed by atoms with van der Waals surface area (Å²) in [4.78, 5) is 11.2. The number of para-hydroxylation sites is 1. The molecule has 21 heavy (non-hydrogen) atoms. The summed E-state index contributed by atoms with van der Waals surface area (Å²) in [6.07, 6.45) is 0. The van der Waals surface area contributed by atoms with Crippen LogP contribution < -0.4 is 15.8 Å². The minimum atomic E-state index is -0.591. The third-order valence-corrected chi connectivity index (χ3v) is 3.09. The summed E-state index contributed by atoms with van der Waals surface area (Å²) in [6, 6.07) is 11.1. The number of amides is 1. The Morgan fingerprint density at radius 2 is 2.05 bits per heavy atom. The van der Waals surface area contributed by atoms with Crippen LogP contribution in [0.5, 0.6) is 5.75 Å². The molecule has 0 fully saturated rings. The van der Waals surface area contributed by atoms with Crippen molar-refractivity contribution in [1.82, 2.24) is 0 Å². The molecule has 6 heteroatoms. The van der Waals surface area contributed by atoms with Crippen molar-refractivity contribution in [3.8, 4) is 5.75 Å². The second-order valence-corrected chi connectivity index (χ2v) is 4.67. The molecule has 0 bridgehead atoms. The van der Waals surface area contributed by atoms with E-state index in [1.807, 2.05) is 0 Å². The number of benzene rings is 2. The van der Waals surface area contributed by atoms with E-state index in [4.69, 9.17) is 22.1 Å². The first-order valence-electron chi connectivity index (χ1n) is 6.28. The molecule has 1 amide bonds. The maximum Gasteiger partial charge on any atom is 0.250 e. The summed E-state index contributed by atoms with van der Waals surface area (Å²) in [5.41, 5.74) is 6.15. The molecule has 0 saturated heterocycles. The highest BCUT2D eigenvalue weighted by molar-refractivity contribution is 6.33. The van der Waals surface area contributed by atoms with Gasteiger partial charge in [0.25, 0.3) is 0 Å². The van der Waals surface area contributed by atoms with Crippen LogP contribution >= 0.6 is 11.6 Å². The summed E-state index contributed by atoms with van der Waals surface area (Å²) in [5, 5.41) is 3.34. The topological polar surface area (TPSA) is 64.4 Å². The maximum atomic E-state index is 13.3. The van der Waals surface area contributed by atoms with Crippen LogP contribution in [0, 0.1) is 5.82 Å². The molecule has 0 aliphatic heterocycles. The Bertz CT molecular complexity index is 649. The highest BCUT2D eigenvalue weighted by Gasteiger charge is 2.07. The van der Waals surface area contributed by atoms with Crippen LogP contribution in [0.2, 0.25) is 5.02 Å². The van der Waals surface area contributed by atoms with Crippen LogP contribution in [0.3, 0.4) is 0 Å². The lowest BCUT2D eigenvalue weighted by Gasteiger charge is -2.10. The van der Waals surface area contributed by atoms with Gasteiger partial charge in [-0.3, -0.25) is 4.79 Å². The number of hydrogen-bond acceptors (Lipinski definition) is 3. The van der Waals surface area contributed by atoms with Crippen molar-refractivity contribution >= 4 is 23.2 Å². The van der Waals surface area contributed by atoms with Crippen LogP contribution in [-0.2, 0) is 0 Å². The molecule has 0 atom stereocenters. The number of nitrogens with one attached hydrogen (secondary N) is 1. The van der Waals surface area contributed by atoms with Crippen LogP contribution in [0.4, 0.5) is 10.1 Å². The molecule has 0 saturated carbocycles. The molecule has 4 nitrogen and oxygen atoms in total. The molecule has 110 valence electrons. The Morgan fingerprint density at radius 3 is 2.76 bits per heavy atom. The van der Waals surface area contributed by atoms with E-state index in [1.165, 1.54) is 6.07 Å². The Kier molecular flexibility index (Phi) is 5.00. The summed E-state index contributed by atoms with van der Waals surface area (Å²) in [5.74, 6) is -0.792. The molecule has 3 N–H and O–H groups in total. The zero-order valence-electron chi connectivity index (χ0n) is 11.1. The molecule has 0 aromatic heterocycles. The van der Waals surface area contributed by atoms with Crippen LogP contribution in [0.1, 0.15) is 10.4 Å². The van der Waals surface area contributed by atoms with E-state index in [9.17, 15) is 9.18 Å². The second-order valence-electron chi connectivity index (χ2n) is 4.26. The Balaban J connectivity index is 1.88. The van der Waals surface area contributed by atoms with Crippen molar-refractivity contribution in [2.24, 2.45) is 5.73 Å². The molecule has 2 aromatic carbocycles. The SMILES string of the molecule is NC(=O)c1cc(NCCOc2ccccc2F)ccc1Cl. The van der Waals surface area contributed by atoms with Crippen molar-refractivity contribution < 1.29 is 13.9 Å². The summed E-state index contributed by atoms with van der Waals surface area (Å²) in [6.45, 7) is 0.712. The smallest absolute Gasteiger partial charge is 0.250 e. The molecule has 0 unspecified atom stereocenters. The molecule has 2 rings (SSSR count). The van der Waals surface area contributed by atoms with Gasteiger partial charge in [0.2, 0.25) is 5.91 Å². The number of halogens is 2. The average molecular weight is 309 g/mol. The van der Waals surface area contributed by atoms with Crippen molar-refractivity contribution in [2.45, 2.75) is 0 Å². The molecular formula is C15H14ClFN2O2. The molecule has 0 spiro atoms. The third kappa shape index (κ3) is 4.10. The summed E-state index contributed by atoms with van der Waals surface area (Å²) >= 11 is 5.86.